The van der Waals surface area contributed by atoms with E-state index in [4.69, 9.17) is 0 Å². The molecule has 0 bridgehead atoms. The van der Waals surface area contributed by atoms with Crippen LogP contribution in [-0.4, -0.2) is 47.8 Å². The third-order valence-corrected chi connectivity index (χ3v) is 3.91. The fourth-order valence-electron chi connectivity index (χ4n) is 2.64. The zero-order valence-corrected chi connectivity index (χ0v) is 12.6. The molecule has 0 amide bonds. The molecule has 3 heteroatoms. The minimum Gasteiger partial charge on any atom is -0.394 e. The topological polar surface area (TPSA) is 35.5 Å². The molecule has 3 nitrogen and oxygen atoms in total. The van der Waals surface area contributed by atoms with Crippen molar-refractivity contribution >= 4 is 0 Å². The van der Waals surface area contributed by atoms with Gasteiger partial charge in [0.15, 0.2) is 0 Å². The van der Waals surface area contributed by atoms with Gasteiger partial charge in [0.05, 0.1) is 6.61 Å². The Hall–Kier alpha value is -0.120. The normalized spacial score (nSPS) is 17.5. The van der Waals surface area contributed by atoms with Crippen molar-refractivity contribution in [3.63, 3.8) is 0 Å². The summed E-state index contributed by atoms with van der Waals surface area (Å²) in [4.78, 5) is 2.45. The van der Waals surface area contributed by atoms with Crippen molar-refractivity contribution in [2.75, 3.05) is 20.2 Å². The van der Waals surface area contributed by atoms with Gasteiger partial charge in [0.25, 0.3) is 0 Å². The van der Waals surface area contributed by atoms with Gasteiger partial charge in [-0.15, -0.1) is 0 Å². The van der Waals surface area contributed by atoms with Gasteiger partial charge in [-0.25, -0.2) is 0 Å². The lowest BCUT2D eigenvalue weighted by molar-refractivity contribution is 0.104. The zero-order chi connectivity index (χ0) is 13.5. The lowest BCUT2D eigenvalue weighted by Crippen LogP contribution is -2.51. The summed E-state index contributed by atoms with van der Waals surface area (Å²) >= 11 is 0. The zero-order valence-electron chi connectivity index (χ0n) is 12.6. The van der Waals surface area contributed by atoms with Crippen LogP contribution in [0.25, 0.3) is 0 Å². The molecule has 0 aliphatic carbocycles. The Bertz CT molecular complexity index is 195. The van der Waals surface area contributed by atoms with Crippen LogP contribution in [0.4, 0.5) is 0 Å². The maximum absolute atomic E-state index is 9.52. The average molecular weight is 244 g/mol. The number of rotatable bonds is 9. The molecule has 0 aromatic rings. The smallest absolute Gasteiger partial charge is 0.0611 e. The Labute approximate surface area is 108 Å². The largest absolute Gasteiger partial charge is 0.394 e. The molecular weight excluding hydrogens is 212 g/mol. The predicted molar refractivity (Wildman–Crippen MR) is 75.4 cm³/mol. The van der Waals surface area contributed by atoms with Crippen LogP contribution in [0.5, 0.6) is 0 Å². The monoisotopic (exact) mass is 244 g/mol. The summed E-state index contributed by atoms with van der Waals surface area (Å²) in [7, 11) is 2.20. The molecule has 0 rings (SSSR count). The molecule has 104 valence electrons. The lowest BCUT2D eigenvalue weighted by atomic mass is 9.92. The molecule has 0 radical (unpaired) electrons. The summed E-state index contributed by atoms with van der Waals surface area (Å²) in [5.41, 5.74) is -0.158. The van der Waals surface area contributed by atoms with E-state index in [-0.39, 0.29) is 12.1 Å². The second kappa shape index (κ2) is 8.06. The van der Waals surface area contributed by atoms with Crippen molar-refractivity contribution in [2.45, 2.75) is 71.5 Å². The fraction of sp³-hybridized carbons (Fsp3) is 1.00. The highest BCUT2D eigenvalue weighted by Crippen LogP contribution is 2.18. The molecule has 0 aliphatic rings. The quantitative estimate of drug-likeness (QED) is 0.653. The van der Waals surface area contributed by atoms with Crippen LogP contribution in [0.2, 0.25) is 0 Å². The van der Waals surface area contributed by atoms with Crippen molar-refractivity contribution in [3.05, 3.63) is 0 Å². The van der Waals surface area contributed by atoms with Crippen molar-refractivity contribution in [1.29, 1.82) is 0 Å². The molecule has 0 heterocycles. The van der Waals surface area contributed by atoms with Gasteiger partial charge in [-0.1, -0.05) is 20.8 Å². The first-order valence-electron chi connectivity index (χ1n) is 7.01. The van der Waals surface area contributed by atoms with E-state index in [0.717, 1.165) is 13.0 Å². The Balaban J connectivity index is 4.44. The SMILES string of the molecule is CCNC(C)(CO)CC(C)N(C)C(CC)CC. The van der Waals surface area contributed by atoms with Crippen molar-refractivity contribution in [2.24, 2.45) is 0 Å². The van der Waals surface area contributed by atoms with E-state index in [9.17, 15) is 5.11 Å². The highest BCUT2D eigenvalue weighted by atomic mass is 16.3. The molecule has 0 spiro atoms. The highest BCUT2D eigenvalue weighted by Gasteiger charge is 2.27. The van der Waals surface area contributed by atoms with Gasteiger partial charge in [-0.05, 0) is 46.7 Å². The van der Waals surface area contributed by atoms with Gasteiger partial charge in [0, 0.05) is 17.6 Å². The van der Waals surface area contributed by atoms with Gasteiger partial charge in [0.2, 0.25) is 0 Å². The van der Waals surface area contributed by atoms with Crippen LogP contribution < -0.4 is 5.32 Å². The summed E-state index contributed by atoms with van der Waals surface area (Å²) < 4.78 is 0. The first-order chi connectivity index (χ1) is 7.94. The van der Waals surface area contributed by atoms with Gasteiger partial charge in [0.1, 0.15) is 0 Å². The minimum atomic E-state index is -0.158. The van der Waals surface area contributed by atoms with E-state index >= 15 is 0 Å². The maximum atomic E-state index is 9.52. The summed E-state index contributed by atoms with van der Waals surface area (Å²) in [5.74, 6) is 0. The Morgan fingerprint density at radius 3 is 2.12 bits per heavy atom. The number of aliphatic hydroxyl groups is 1. The molecule has 0 saturated heterocycles. The second-order valence-corrected chi connectivity index (χ2v) is 5.44. The van der Waals surface area contributed by atoms with Crippen molar-refractivity contribution in [1.82, 2.24) is 10.2 Å². The van der Waals surface area contributed by atoms with E-state index in [1.807, 2.05) is 0 Å². The number of hydrogen-bond acceptors (Lipinski definition) is 3. The fourth-order valence-corrected chi connectivity index (χ4v) is 2.64. The molecule has 2 atom stereocenters. The number of hydrogen-bond donors (Lipinski definition) is 2. The van der Waals surface area contributed by atoms with Gasteiger partial charge < -0.3 is 15.3 Å². The van der Waals surface area contributed by atoms with Gasteiger partial charge in [-0.2, -0.15) is 0 Å². The van der Waals surface area contributed by atoms with E-state index < -0.39 is 0 Å². The average Bonchev–Trinajstić information content (AvgIpc) is 2.30. The summed E-state index contributed by atoms with van der Waals surface area (Å²) in [5, 5.41) is 12.9. The number of likely N-dealkylation sites (N-methyl/N-ethyl adjacent to an activating group) is 1. The van der Waals surface area contributed by atoms with Crippen LogP contribution in [0.15, 0.2) is 0 Å². The lowest BCUT2D eigenvalue weighted by Gasteiger charge is -2.38. The molecule has 17 heavy (non-hydrogen) atoms. The molecule has 0 aromatic heterocycles. The molecule has 0 aromatic carbocycles. The first-order valence-corrected chi connectivity index (χ1v) is 7.01. The predicted octanol–water partition coefficient (Wildman–Crippen LogP) is 2.25. The van der Waals surface area contributed by atoms with E-state index in [1.54, 1.807) is 0 Å². The third-order valence-electron chi connectivity index (χ3n) is 3.91. The second-order valence-electron chi connectivity index (χ2n) is 5.44. The molecule has 0 saturated carbocycles. The standard InChI is InChI=1S/C14H32N2O/c1-7-13(8-2)16(6)12(4)10-14(5,11-17)15-9-3/h12-13,15,17H,7-11H2,1-6H3. The van der Waals surface area contributed by atoms with Crippen molar-refractivity contribution in [3.8, 4) is 0 Å². The minimum absolute atomic E-state index is 0.158. The van der Waals surface area contributed by atoms with Crippen LogP contribution in [-0.2, 0) is 0 Å². The van der Waals surface area contributed by atoms with Crippen molar-refractivity contribution < 1.29 is 5.11 Å². The van der Waals surface area contributed by atoms with Gasteiger partial charge in [-0.3, -0.25) is 0 Å². The van der Waals surface area contributed by atoms with Crippen LogP contribution in [0.3, 0.4) is 0 Å². The summed E-state index contributed by atoms with van der Waals surface area (Å²) in [6.45, 7) is 12.0. The van der Waals surface area contributed by atoms with E-state index in [2.05, 4.69) is 51.9 Å². The molecule has 0 fully saturated rings. The van der Waals surface area contributed by atoms with Gasteiger partial charge >= 0.3 is 0 Å². The molecule has 2 N–H and O–H groups in total. The number of nitrogens with one attached hydrogen (secondary N) is 1. The highest BCUT2D eigenvalue weighted by molar-refractivity contribution is 4.87. The third kappa shape index (κ3) is 5.36. The van der Waals surface area contributed by atoms with Crippen LogP contribution in [0, 0.1) is 0 Å². The number of nitrogens with zero attached hydrogens (tertiary/aromatic N) is 1. The Kier molecular flexibility index (Phi) is 8.01. The summed E-state index contributed by atoms with van der Waals surface area (Å²) in [6, 6.07) is 1.13. The van der Waals surface area contributed by atoms with Crippen LogP contribution >= 0.6 is 0 Å². The molecule has 2 unspecified atom stereocenters. The van der Waals surface area contributed by atoms with E-state index in [0.29, 0.717) is 12.1 Å². The molecular formula is C14H32N2O. The van der Waals surface area contributed by atoms with Crippen LogP contribution in [0.1, 0.15) is 53.9 Å². The summed E-state index contributed by atoms with van der Waals surface area (Å²) in [6.07, 6.45) is 3.35. The Morgan fingerprint density at radius 1 is 1.24 bits per heavy atom. The molecule has 0 aliphatic heterocycles. The first kappa shape index (κ1) is 16.9. The Morgan fingerprint density at radius 2 is 1.76 bits per heavy atom. The maximum Gasteiger partial charge on any atom is 0.0611 e. The van der Waals surface area contributed by atoms with E-state index in [1.165, 1.54) is 12.8 Å². The number of aliphatic hydroxyl groups excluding tert-OH is 1.